The first-order valence-corrected chi connectivity index (χ1v) is 14.0. The molecule has 41 heavy (non-hydrogen) atoms. The summed E-state index contributed by atoms with van der Waals surface area (Å²) in [5.41, 5.74) is 1.33. The number of urea groups is 2. The van der Waals surface area contributed by atoms with Crippen molar-refractivity contribution >= 4 is 18.0 Å². The second-order valence-corrected chi connectivity index (χ2v) is 11.5. The molecule has 4 amide bonds. The zero-order valence-electron chi connectivity index (χ0n) is 24.8. The maximum absolute atomic E-state index is 13.4. The summed E-state index contributed by atoms with van der Waals surface area (Å²) < 4.78 is 11.5. The van der Waals surface area contributed by atoms with Crippen LogP contribution in [0.2, 0.25) is 0 Å². The van der Waals surface area contributed by atoms with Crippen LogP contribution in [0.4, 0.5) is 9.59 Å². The Bertz CT molecular complexity index is 1290. The number of rotatable bonds is 7. The molecule has 2 heterocycles. The fraction of sp³-hybridized carbons (Fsp3) is 0.452. The van der Waals surface area contributed by atoms with Gasteiger partial charge in [-0.25, -0.2) is 14.4 Å². The van der Waals surface area contributed by atoms with E-state index in [9.17, 15) is 14.4 Å². The van der Waals surface area contributed by atoms with Crippen molar-refractivity contribution in [2.45, 2.75) is 52.2 Å². The first-order valence-electron chi connectivity index (χ1n) is 14.0. The molecule has 4 rings (SSSR count). The van der Waals surface area contributed by atoms with E-state index in [4.69, 9.17) is 9.47 Å². The first-order chi connectivity index (χ1) is 19.5. The number of hydrogen-bond acceptors (Lipinski definition) is 6. The van der Waals surface area contributed by atoms with Crippen molar-refractivity contribution in [2.24, 2.45) is 0 Å². The van der Waals surface area contributed by atoms with Gasteiger partial charge >= 0.3 is 18.0 Å². The molecule has 220 valence electrons. The summed E-state index contributed by atoms with van der Waals surface area (Å²) in [6.45, 7) is 11.9. The minimum atomic E-state index is -0.719. The lowest BCUT2D eigenvalue weighted by Gasteiger charge is -2.43. The summed E-state index contributed by atoms with van der Waals surface area (Å²) in [6.07, 6.45) is 0. The predicted octanol–water partition coefficient (Wildman–Crippen LogP) is 4.51. The minimum Gasteiger partial charge on any atom is -0.463 e. The summed E-state index contributed by atoms with van der Waals surface area (Å²) in [4.78, 5) is 44.9. The Labute approximate surface area is 242 Å². The molecule has 2 aromatic rings. The van der Waals surface area contributed by atoms with Gasteiger partial charge in [-0.1, -0.05) is 30.3 Å². The average molecular weight is 564 g/mol. The van der Waals surface area contributed by atoms with Gasteiger partial charge in [0, 0.05) is 50.5 Å². The average Bonchev–Trinajstić information content (AvgIpc) is 2.91. The molecule has 2 aromatic carbocycles. The zero-order valence-corrected chi connectivity index (χ0v) is 24.8. The molecule has 0 bridgehead atoms. The number of carbonyl (C=O) groups excluding carboxylic acids is 3. The molecule has 0 spiro atoms. The van der Waals surface area contributed by atoms with Crippen LogP contribution < -0.4 is 15.4 Å². The van der Waals surface area contributed by atoms with Crippen LogP contribution in [-0.4, -0.2) is 84.1 Å². The molecule has 1 fully saturated rings. The van der Waals surface area contributed by atoms with Crippen molar-refractivity contribution in [1.29, 1.82) is 0 Å². The van der Waals surface area contributed by atoms with Crippen LogP contribution in [0.3, 0.4) is 0 Å². The Morgan fingerprint density at radius 3 is 2.41 bits per heavy atom. The second-order valence-electron chi connectivity index (χ2n) is 11.5. The van der Waals surface area contributed by atoms with Gasteiger partial charge in [0.25, 0.3) is 0 Å². The number of nitrogens with zero attached hydrogens (tertiary/aromatic N) is 3. The number of hydrogen-bond donors (Lipinski definition) is 2. The molecule has 2 N–H and O–H groups in total. The summed E-state index contributed by atoms with van der Waals surface area (Å²) in [5.74, 6) is 0.790. The standard InChI is InChI=1S/C31H41N5O5/c1-7-40-28(37)26-25(20-35-16-17-36(21(2)19-35)30(39)33-31(3,4)5)34(6)29(38)32-27(26)22-12-11-15-24(18-22)41-23-13-9-8-10-14-23/h8-15,18,21,27H,7,16-17,19-20H2,1-6H3,(H,32,38)(H,33,39)/t21-,27-/m1/s1. The van der Waals surface area contributed by atoms with Crippen molar-refractivity contribution in [3.63, 3.8) is 0 Å². The molecule has 10 heteroatoms. The highest BCUT2D eigenvalue weighted by molar-refractivity contribution is 5.95. The maximum Gasteiger partial charge on any atom is 0.338 e. The number of ether oxygens (including phenoxy) is 2. The van der Waals surface area contributed by atoms with Crippen molar-refractivity contribution in [1.82, 2.24) is 25.3 Å². The number of likely N-dealkylation sites (N-methyl/N-ethyl adjacent to an activating group) is 1. The molecule has 0 radical (unpaired) electrons. The molecule has 2 aliphatic heterocycles. The largest absolute Gasteiger partial charge is 0.463 e. The molecule has 2 atom stereocenters. The molecule has 0 aromatic heterocycles. The molecule has 0 unspecified atom stereocenters. The van der Waals surface area contributed by atoms with Gasteiger partial charge in [-0.05, 0) is 64.4 Å². The summed E-state index contributed by atoms with van der Waals surface area (Å²) in [5, 5.41) is 6.01. The smallest absolute Gasteiger partial charge is 0.338 e. The molecule has 1 saturated heterocycles. The second kappa shape index (κ2) is 12.6. The number of nitrogens with one attached hydrogen (secondary N) is 2. The third kappa shape index (κ3) is 7.38. The lowest BCUT2D eigenvalue weighted by atomic mass is 9.94. The quantitative estimate of drug-likeness (QED) is 0.481. The van der Waals surface area contributed by atoms with Crippen molar-refractivity contribution in [3.05, 3.63) is 71.4 Å². The minimum absolute atomic E-state index is 0.0527. The number of piperazine rings is 1. The molecular formula is C31H41N5O5. The van der Waals surface area contributed by atoms with Crippen molar-refractivity contribution < 1.29 is 23.9 Å². The van der Waals surface area contributed by atoms with E-state index >= 15 is 0 Å². The number of esters is 1. The number of carbonyl (C=O) groups is 3. The summed E-state index contributed by atoms with van der Waals surface area (Å²) >= 11 is 0. The summed E-state index contributed by atoms with van der Waals surface area (Å²) in [6, 6.07) is 15.6. The van der Waals surface area contributed by atoms with Crippen LogP contribution >= 0.6 is 0 Å². The molecule has 10 nitrogen and oxygen atoms in total. The van der Waals surface area contributed by atoms with E-state index in [0.717, 1.165) is 0 Å². The van der Waals surface area contributed by atoms with Crippen LogP contribution in [-0.2, 0) is 9.53 Å². The SMILES string of the molecule is CCOC(=O)C1=C(CN2CCN(C(=O)NC(C)(C)C)[C@H](C)C2)N(C)C(=O)N[C@@H]1c1cccc(Oc2ccccc2)c1. The Hall–Kier alpha value is -4.05. The number of para-hydroxylation sites is 1. The maximum atomic E-state index is 13.4. The van der Waals surface area contributed by atoms with E-state index < -0.39 is 12.0 Å². The van der Waals surface area contributed by atoms with Gasteiger partial charge in [0.2, 0.25) is 0 Å². The van der Waals surface area contributed by atoms with Gasteiger partial charge < -0.3 is 25.0 Å². The van der Waals surface area contributed by atoms with Gasteiger partial charge in [0.15, 0.2) is 0 Å². The molecule has 2 aliphatic rings. The Kier molecular flexibility index (Phi) is 9.22. The van der Waals surface area contributed by atoms with E-state index in [1.165, 1.54) is 4.90 Å². The van der Waals surface area contributed by atoms with Crippen LogP contribution in [0.1, 0.15) is 46.2 Å². The topological polar surface area (TPSA) is 103 Å². The molecule has 0 saturated carbocycles. The first kappa shape index (κ1) is 29.9. The molecular weight excluding hydrogens is 522 g/mol. The Morgan fingerprint density at radius 1 is 1.05 bits per heavy atom. The van der Waals surface area contributed by atoms with Crippen molar-refractivity contribution in [2.75, 3.05) is 39.8 Å². The van der Waals surface area contributed by atoms with Crippen LogP contribution in [0, 0.1) is 0 Å². The third-order valence-electron chi connectivity index (χ3n) is 7.07. The van der Waals surface area contributed by atoms with Gasteiger partial charge in [-0.15, -0.1) is 0 Å². The number of amides is 4. The molecule has 0 aliphatic carbocycles. The van der Waals surface area contributed by atoms with Gasteiger partial charge in [-0.3, -0.25) is 9.80 Å². The highest BCUT2D eigenvalue weighted by atomic mass is 16.5. The van der Waals surface area contributed by atoms with Crippen molar-refractivity contribution in [3.8, 4) is 11.5 Å². The fourth-order valence-electron chi connectivity index (χ4n) is 5.11. The zero-order chi connectivity index (χ0) is 29.7. The summed E-state index contributed by atoms with van der Waals surface area (Å²) in [7, 11) is 1.66. The monoisotopic (exact) mass is 563 g/mol. The van der Waals surface area contributed by atoms with E-state index in [1.807, 2.05) is 87.2 Å². The highest BCUT2D eigenvalue weighted by Gasteiger charge is 2.38. The Morgan fingerprint density at radius 2 is 1.76 bits per heavy atom. The van der Waals surface area contributed by atoms with E-state index in [2.05, 4.69) is 15.5 Å². The third-order valence-corrected chi connectivity index (χ3v) is 7.07. The van der Waals surface area contributed by atoms with Crippen LogP contribution in [0.5, 0.6) is 11.5 Å². The van der Waals surface area contributed by atoms with E-state index in [-0.39, 0.29) is 30.2 Å². The normalized spacial score (nSPS) is 20.0. The van der Waals surface area contributed by atoms with Gasteiger partial charge in [0.1, 0.15) is 11.5 Å². The lowest BCUT2D eigenvalue weighted by molar-refractivity contribution is -0.139. The Balaban J connectivity index is 1.62. The van der Waals surface area contributed by atoms with Crippen LogP contribution in [0.15, 0.2) is 65.9 Å². The lowest BCUT2D eigenvalue weighted by Crippen LogP contribution is -2.59. The van der Waals surface area contributed by atoms with Crippen LogP contribution in [0.25, 0.3) is 0 Å². The number of benzene rings is 2. The van der Waals surface area contributed by atoms with E-state index in [0.29, 0.717) is 54.5 Å². The fourth-order valence-corrected chi connectivity index (χ4v) is 5.11. The van der Waals surface area contributed by atoms with Gasteiger partial charge in [0.05, 0.1) is 18.2 Å². The van der Waals surface area contributed by atoms with Gasteiger partial charge in [-0.2, -0.15) is 0 Å². The van der Waals surface area contributed by atoms with E-state index in [1.54, 1.807) is 14.0 Å². The predicted molar refractivity (Wildman–Crippen MR) is 157 cm³/mol. The highest BCUT2D eigenvalue weighted by Crippen LogP contribution is 2.34.